The Kier molecular flexibility index (Phi) is 18.1. The first kappa shape index (κ1) is 40.2. The number of unbranched alkanes of at least 4 members (excludes halogenated alkanes) is 2. The van der Waals surface area contributed by atoms with E-state index < -0.39 is 65.0 Å². The highest BCUT2D eigenvalue weighted by Crippen LogP contribution is 2.23. The molecule has 0 aliphatic carbocycles. The van der Waals surface area contributed by atoms with Crippen LogP contribution in [0.1, 0.15) is 79.1 Å². The zero-order valence-electron chi connectivity index (χ0n) is 26.0. The number of rotatable bonds is 23. The third-order valence-corrected chi connectivity index (χ3v) is 6.17. The van der Waals surface area contributed by atoms with E-state index >= 15 is 0 Å². The van der Waals surface area contributed by atoms with Crippen LogP contribution in [-0.4, -0.2) is 81.9 Å². The highest BCUT2D eigenvalue weighted by molar-refractivity contribution is 6.11. The molecule has 0 rings (SSSR count). The smallest absolute Gasteiger partial charge is 0.331 e. The predicted octanol–water partition coefficient (Wildman–Crippen LogP) is 2.23. The number of carboxylic acids is 2. The predicted molar refractivity (Wildman–Crippen MR) is 158 cm³/mol. The summed E-state index contributed by atoms with van der Waals surface area (Å²) in [5, 5.41) is 21.8. The van der Waals surface area contributed by atoms with E-state index in [1.807, 2.05) is 0 Å². The minimum absolute atomic E-state index is 0.00987. The van der Waals surface area contributed by atoms with E-state index in [9.17, 15) is 53.4 Å². The number of aliphatic carboxylic acids is 2. The number of esters is 2. The summed E-state index contributed by atoms with van der Waals surface area (Å²) in [6, 6.07) is 0. The van der Waals surface area contributed by atoms with Crippen LogP contribution in [-0.2, 0) is 52.6 Å². The van der Waals surface area contributed by atoms with Crippen molar-refractivity contribution in [3.8, 4) is 0 Å². The van der Waals surface area contributed by atoms with Crippen LogP contribution < -0.4 is 5.32 Å². The van der Waals surface area contributed by atoms with Crippen LogP contribution in [0.4, 0.5) is 0 Å². The van der Waals surface area contributed by atoms with Gasteiger partial charge in [0.15, 0.2) is 5.78 Å². The van der Waals surface area contributed by atoms with Crippen LogP contribution in [0, 0.1) is 5.92 Å². The molecule has 0 aromatic heterocycles. The molecule has 1 amide bonds. The van der Waals surface area contributed by atoms with Gasteiger partial charge in [0.1, 0.15) is 35.7 Å². The van der Waals surface area contributed by atoms with Gasteiger partial charge in [-0.05, 0) is 78.4 Å². The van der Waals surface area contributed by atoms with Crippen molar-refractivity contribution in [1.82, 2.24) is 5.32 Å². The first-order valence-corrected chi connectivity index (χ1v) is 14.1. The lowest BCUT2D eigenvalue weighted by Gasteiger charge is -2.29. The fraction of sp³-hybridized carbons (Fsp3) is 0.516. The molecule has 14 nitrogen and oxygen atoms in total. The van der Waals surface area contributed by atoms with E-state index in [0.29, 0.717) is 12.8 Å². The van der Waals surface area contributed by atoms with E-state index in [0.717, 1.165) is 25.2 Å². The third-order valence-electron chi connectivity index (χ3n) is 6.17. The van der Waals surface area contributed by atoms with E-state index in [4.69, 9.17) is 9.47 Å². The van der Waals surface area contributed by atoms with Crippen molar-refractivity contribution in [3.05, 3.63) is 36.0 Å². The summed E-state index contributed by atoms with van der Waals surface area (Å²) in [6.07, 6.45) is 2.68. The zero-order valence-corrected chi connectivity index (χ0v) is 26.0. The maximum atomic E-state index is 13.7. The molecule has 0 aliphatic rings. The summed E-state index contributed by atoms with van der Waals surface area (Å²) in [6.45, 7) is 7.76. The quantitative estimate of drug-likeness (QED) is 0.0634. The number of ketones is 4. The number of nitrogens with one attached hydrogen (secondary N) is 1. The average Bonchev–Trinajstić information content (AvgIpc) is 2.91. The van der Waals surface area contributed by atoms with Crippen molar-refractivity contribution in [2.75, 3.05) is 13.2 Å². The molecule has 0 fully saturated rings. The molecule has 0 aromatic carbocycles. The number of Topliss-reactive ketones (excluding diaryl/α,β-unsaturated/α-hetero) is 4. The standard InChI is InChI=1S/C31H41NO13/c1-6-25(36)32-31(5,18-23(30(42)43)11-8-7-9-13-44-26(37)15-19(2)33)28(39)24(21(4)35)17-22(29(40)41)12-10-14-45-27(38)16-20(3)34/h6,17-18,24H,1,7-16H2,2-5H3,(H,32,36)(H,40,41)(H,42,43). The topological polar surface area (TPSA) is 225 Å². The molecular weight excluding hydrogens is 594 g/mol. The van der Waals surface area contributed by atoms with Gasteiger partial charge in [-0.2, -0.15) is 0 Å². The summed E-state index contributed by atoms with van der Waals surface area (Å²) in [5.41, 5.74) is -2.73. The molecule has 2 unspecified atom stereocenters. The maximum absolute atomic E-state index is 13.7. The SMILES string of the molecule is C=CC(=O)NC(C)(C=C(CCCCCOC(=O)CC(C)=O)C(=O)O)C(=O)C(C=C(CCCOC(=O)CC(C)=O)C(=O)O)C(C)=O. The second kappa shape index (κ2) is 20.3. The monoisotopic (exact) mass is 635 g/mol. The van der Waals surface area contributed by atoms with Gasteiger partial charge in [-0.15, -0.1) is 0 Å². The van der Waals surface area contributed by atoms with Gasteiger partial charge in [-0.1, -0.05) is 12.7 Å². The van der Waals surface area contributed by atoms with Gasteiger partial charge < -0.3 is 25.0 Å². The van der Waals surface area contributed by atoms with Crippen LogP contribution in [0.15, 0.2) is 36.0 Å². The van der Waals surface area contributed by atoms with Crippen LogP contribution in [0.2, 0.25) is 0 Å². The molecule has 0 saturated carbocycles. The Hall–Kier alpha value is -4.75. The lowest BCUT2D eigenvalue weighted by molar-refractivity contribution is -0.147. The second-order valence-electron chi connectivity index (χ2n) is 10.4. The number of carbonyl (C=O) groups excluding carboxylic acids is 7. The number of allylic oxidation sites excluding steroid dienone is 1. The van der Waals surface area contributed by atoms with Gasteiger partial charge in [0.2, 0.25) is 5.91 Å². The molecule has 0 spiro atoms. The molecule has 14 heteroatoms. The fourth-order valence-electron chi connectivity index (χ4n) is 3.97. The molecule has 0 saturated heterocycles. The van der Waals surface area contributed by atoms with E-state index in [2.05, 4.69) is 11.9 Å². The van der Waals surface area contributed by atoms with Gasteiger partial charge in [0, 0.05) is 11.1 Å². The fourth-order valence-corrected chi connectivity index (χ4v) is 3.97. The molecule has 3 N–H and O–H groups in total. The summed E-state index contributed by atoms with van der Waals surface area (Å²) in [4.78, 5) is 108. The number of hydrogen-bond donors (Lipinski definition) is 3. The number of amides is 1. The Morgan fingerprint density at radius 1 is 0.756 bits per heavy atom. The maximum Gasteiger partial charge on any atom is 0.331 e. The second-order valence-corrected chi connectivity index (χ2v) is 10.4. The van der Waals surface area contributed by atoms with E-state index in [-0.39, 0.29) is 62.2 Å². The minimum Gasteiger partial charge on any atom is -0.478 e. The molecule has 0 radical (unpaired) electrons. The summed E-state index contributed by atoms with van der Waals surface area (Å²) in [5.74, 6) is -9.45. The molecule has 0 heterocycles. The number of hydrogen-bond acceptors (Lipinski definition) is 11. The van der Waals surface area contributed by atoms with Crippen molar-refractivity contribution in [1.29, 1.82) is 0 Å². The average molecular weight is 636 g/mol. The lowest BCUT2D eigenvalue weighted by Crippen LogP contribution is -2.53. The summed E-state index contributed by atoms with van der Waals surface area (Å²) >= 11 is 0. The van der Waals surface area contributed by atoms with Crippen molar-refractivity contribution >= 4 is 52.9 Å². The zero-order chi connectivity index (χ0) is 34.7. The van der Waals surface area contributed by atoms with Crippen LogP contribution in [0.5, 0.6) is 0 Å². The van der Waals surface area contributed by atoms with Crippen molar-refractivity contribution in [3.63, 3.8) is 0 Å². The first-order valence-electron chi connectivity index (χ1n) is 14.1. The lowest BCUT2D eigenvalue weighted by atomic mass is 9.81. The third kappa shape index (κ3) is 16.6. The summed E-state index contributed by atoms with van der Waals surface area (Å²) in [7, 11) is 0. The molecule has 0 aromatic rings. The Morgan fingerprint density at radius 3 is 1.69 bits per heavy atom. The highest BCUT2D eigenvalue weighted by Gasteiger charge is 2.39. The number of ether oxygens (including phenoxy) is 2. The number of carbonyl (C=O) groups is 9. The molecule has 0 aliphatic heterocycles. The minimum atomic E-state index is -2.08. The Balaban J connectivity index is 5.99. The normalized spacial score (nSPS) is 13.4. The van der Waals surface area contributed by atoms with Crippen molar-refractivity contribution < 1.29 is 62.8 Å². The van der Waals surface area contributed by atoms with Crippen molar-refractivity contribution in [2.24, 2.45) is 5.92 Å². The van der Waals surface area contributed by atoms with Gasteiger partial charge in [-0.25, -0.2) is 9.59 Å². The molecule has 248 valence electrons. The largest absolute Gasteiger partial charge is 0.478 e. The van der Waals surface area contributed by atoms with E-state index in [1.54, 1.807) is 0 Å². The Bertz CT molecular complexity index is 1240. The van der Waals surface area contributed by atoms with Crippen molar-refractivity contribution in [2.45, 2.75) is 84.6 Å². The van der Waals surface area contributed by atoms with Crippen LogP contribution in [0.3, 0.4) is 0 Å². The van der Waals surface area contributed by atoms with Gasteiger partial charge in [0.25, 0.3) is 0 Å². The van der Waals surface area contributed by atoms with Gasteiger partial charge in [0.05, 0.1) is 19.1 Å². The van der Waals surface area contributed by atoms with E-state index in [1.165, 1.54) is 20.8 Å². The van der Waals surface area contributed by atoms with Crippen LogP contribution >= 0.6 is 0 Å². The Labute approximate surface area is 260 Å². The molecular formula is C31H41NO13. The van der Waals surface area contributed by atoms with Gasteiger partial charge in [-0.3, -0.25) is 33.6 Å². The molecule has 0 bridgehead atoms. The highest BCUT2D eigenvalue weighted by atomic mass is 16.5. The summed E-state index contributed by atoms with van der Waals surface area (Å²) < 4.78 is 9.79. The molecule has 2 atom stereocenters. The van der Waals surface area contributed by atoms with Crippen LogP contribution in [0.25, 0.3) is 0 Å². The first-order chi connectivity index (χ1) is 20.9. The van der Waals surface area contributed by atoms with Gasteiger partial charge >= 0.3 is 23.9 Å². The Morgan fingerprint density at radius 2 is 1.24 bits per heavy atom. The molecule has 45 heavy (non-hydrogen) atoms. The number of carboxylic acid groups (broad SMARTS) is 2.